The molecule has 1 aromatic carbocycles. The van der Waals surface area contributed by atoms with Gasteiger partial charge in [0.1, 0.15) is 5.69 Å². The number of nitrogens with zero attached hydrogens (tertiary/aromatic N) is 4. The highest BCUT2D eigenvalue weighted by molar-refractivity contribution is 5.58. The van der Waals surface area contributed by atoms with E-state index in [1.165, 1.54) is 0 Å². The Balaban J connectivity index is 1.83. The number of benzene rings is 1. The molecule has 3 aromatic rings. The van der Waals surface area contributed by atoms with Gasteiger partial charge in [0, 0.05) is 18.0 Å². The van der Waals surface area contributed by atoms with Gasteiger partial charge >= 0.3 is 0 Å². The Labute approximate surface area is 116 Å². The highest BCUT2D eigenvalue weighted by Gasteiger charge is 2.05. The van der Waals surface area contributed by atoms with Crippen LogP contribution in [0.15, 0.2) is 55.0 Å². The molecule has 2 aromatic heterocycles. The second-order valence-corrected chi connectivity index (χ2v) is 4.52. The van der Waals surface area contributed by atoms with E-state index in [2.05, 4.69) is 15.3 Å². The van der Waals surface area contributed by atoms with E-state index >= 15 is 0 Å². The number of pyridine rings is 1. The molecule has 0 bridgehead atoms. The van der Waals surface area contributed by atoms with Gasteiger partial charge in [0.2, 0.25) is 0 Å². The maximum absolute atomic E-state index is 9.16. The number of rotatable bonds is 4. The highest BCUT2D eigenvalue weighted by atomic mass is 16.3. The Morgan fingerprint density at radius 1 is 1.10 bits per heavy atom. The Bertz CT molecular complexity index is 694. The fraction of sp³-hybridized carbons (Fsp3) is 0.133. The Hall–Kier alpha value is -2.53. The van der Waals surface area contributed by atoms with Crippen molar-refractivity contribution in [3.05, 3.63) is 66.1 Å². The van der Waals surface area contributed by atoms with Gasteiger partial charge in [0.25, 0.3) is 0 Å². The van der Waals surface area contributed by atoms with Crippen LogP contribution in [-0.4, -0.2) is 25.1 Å². The molecule has 0 aliphatic rings. The summed E-state index contributed by atoms with van der Waals surface area (Å²) in [6, 6.07) is 11.6. The molecule has 1 N–H and O–H groups in total. The van der Waals surface area contributed by atoms with Gasteiger partial charge in [-0.1, -0.05) is 29.5 Å². The molecule has 0 atom stereocenters. The molecule has 5 heteroatoms. The lowest BCUT2D eigenvalue weighted by Gasteiger charge is -2.00. The highest BCUT2D eigenvalue weighted by Crippen LogP contribution is 2.17. The average Bonchev–Trinajstić information content (AvgIpc) is 2.97. The molecule has 0 unspecified atom stereocenters. The molecule has 0 aliphatic heterocycles. The SMILES string of the molecule is OCc1cccc(-c2cn(Cc3cccnc3)nn2)c1. The predicted molar refractivity (Wildman–Crippen MR) is 74.7 cm³/mol. The zero-order valence-electron chi connectivity index (χ0n) is 10.8. The van der Waals surface area contributed by atoms with E-state index in [0.29, 0.717) is 6.54 Å². The van der Waals surface area contributed by atoms with E-state index in [1.54, 1.807) is 10.9 Å². The first-order chi connectivity index (χ1) is 9.85. The number of hydrogen-bond acceptors (Lipinski definition) is 4. The van der Waals surface area contributed by atoms with Crippen LogP contribution in [0.3, 0.4) is 0 Å². The van der Waals surface area contributed by atoms with Crippen molar-refractivity contribution in [2.45, 2.75) is 13.2 Å². The monoisotopic (exact) mass is 266 g/mol. The fourth-order valence-electron chi connectivity index (χ4n) is 2.02. The van der Waals surface area contributed by atoms with Crippen LogP contribution in [0.25, 0.3) is 11.3 Å². The number of aliphatic hydroxyl groups is 1. The predicted octanol–water partition coefficient (Wildman–Crippen LogP) is 1.88. The van der Waals surface area contributed by atoms with E-state index < -0.39 is 0 Å². The summed E-state index contributed by atoms with van der Waals surface area (Å²) in [7, 11) is 0. The summed E-state index contributed by atoms with van der Waals surface area (Å²) < 4.78 is 1.78. The first-order valence-electron chi connectivity index (χ1n) is 6.34. The fourth-order valence-corrected chi connectivity index (χ4v) is 2.02. The molecule has 0 amide bonds. The van der Waals surface area contributed by atoms with Gasteiger partial charge in [-0.15, -0.1) is 5.10 Å². The van der Waals surface area contributed by atoms with E-state index in [1.807, 2.05) is 48.8 Å². The van der Waals surface area contributed by atoms with Crippen molar-refractivity contribution < 1.29 is 5.11 Å². The second kappa shape index (κ2) is 5.63. The molecule has 0 saturated heterocycles. The zero-order chi connectivity index (χ0) is 13.8. The third-order valence-electron chi connectivity index (χ3n) is 3.01. The molecule has 0 aliphatic carbocycles. The minimum atomic E-state index is 0.0255. The summed E-state index contributed by atoms with van der Waals surface area (Å²) in [6.07, 6.45) is 5.45. The van der Waals surface area contributed by atoms with Crippen molar-refractivity contribution in [1.82, 2.24) is 20.0 Å². The normalized spacial score (nSPS) is 10.7. The van der Waals surface area contributed by atoms with Crippen molar-refractivity contribution in [3.63, 3.8) is 0 Å². The van der Waals surface area contributed by atoms with Crippen LogP contribution in [0.2, 0.25) is 0 Å². The molecular formula is C15H14N4O. The van der Waals surface area contributed by atoms with Gasteiger partial charge in [-0.25, -0.2) is 4.68 Å². The third kappa shape index (κ3) is 2.73. The van der Waals surface area contributed by atoms with E-state index in [0.717, 1.165) is 22.4 Å². The molecule has 3 rings (SSSR count). The lowest BCUT2D eigenvalue weighted by atomic mass is 10.1. The quantitative estimate of drug-likeness (QED) is 0.783. The zero-order valence-corrected chi connectivity index (χ0v) is 10.8. The summed E-state index contributed by atoms with van der Waals surface area (Å²) in [5, 5.41) is 17.4. The number of aromatic nitrogens is 4. The minimum Gasteiger partial charge on any atom is -0.392 e. The van der Waals surface area contributed by atoms with E-state index in [9.17, 15) is 0 Å². The first-order valence-corrected chi connectivity index (χ1v) is 6.34. The minimum absolute atomic E-state index is 0.0255. The first kappa shape index (κ1) is 12.5. The van der Waals surface area contributed by atoms with Gasteiger partial charge in [0.05, 0.1) is 19.3 Å². The van der Waals surface area contributed by atoms with Crippen LogP contribution in [0, 0.1) is 0 Å². The molecule has 0 radical (unpaired) electrons. The lowest BCUT2D eigenvalue weighted by Crippen LogP contribution is -2.00. The van der Waals surface area contributed by atoms with Crippen molar-refractivity contribution >= 4 is 0 Å². The van der Waals surface area contributed by atoms with Crippen LogP contribution in [0.1, 0.15) is 11.1 Å². The molecule has 20 heavy (non-hydrogen) atoms. The van der Waals surface area contributed by atoms with Crippen LogP contribution in [0.4, 0.5) is 0 Å². The molecule has 5 nitrogen and oxygen atoms in total. The summed E-state index contributed by atoms with van der Waals surface area (Å²) in [6.45, 7) is 0.665. The smallest absolute Gasteiger partial charge is 0.113 e. The summed E-state index contributed by atoms with van der Waals surface area (Å²) >= 11 is 0. The van der Waals surface area contributed by atoms with Gasteiger partial charge in [0.15, 0.2) is 0 Å². The van der Waals surface area contributed by atoms with Gasteiger partial charge in [-0.2, -0.15) is 0 Å². The van der Waals surface area contributed by atoms with E-state index in [4.69, 9.17) is 5.11 Å². The maximum atomic E-state index is 9.16. The Kier molecular flexibility index (Phi) is 3.52. The van der Waals surface area contributed by atoms with Crippen LogP contribution in [0.5, 0.6) is 0 Å². The molecular weight excluding hydrogens is 252 g/mol. The molecule has 2 heterocycles. The summed E-state index contributed by atoms with van der Waals surface area (Å²) in [5.41, 5.74) is 3.69. The number of aliphatic hydroxyl groups excluding tert-OH is 1. The lowest BCUT2D eigenvalue weighted by molar-refractivity contribution is 0.282. The molecule has 100 valence electrons. The molecule has 0 saturated carbocycles. The maximum Gasteiger partial charge on any atom is 0.113 e. The van der Waals surface area contributed by atoms with Crippen LogP contribution in [-0.2, 0) is 13.2 Å². The van der Waals surface area contributed by atoms with Gasteiger partial charge in [-0.3, -0.25) is 4.98 Å². The average molecular weight is 266 g/mol. The second-order valence-electron chi connectivity index (χ2n) is 4.52. The Morgan fingerprint density at radius 2 is 2.00 bits per heavy atom. The van der Waals surface area contributed by atoms with Gasteiger partial charge < -0.3 is 5.11 Å². The standard InChI is InChI=1S/C15H14N4O/c20-11-12-3-1-5-14(7-12)15-10-19(18-17-15)9-13-4-2-6-16-8-13/h1-8,10,20H,9,11H2. The molecule has 0 spiro atoms. The van der Waals surface area contributed by atoms with Crippen molar-refractivity contribution in [1.29, 1.82) is 0 Å². The van der Waals surface area contributed by atoms with Crippen molar-refractivity contribution in [2.75, 3.05) is 0 Å². The summed E-state index contributed by atoms with van der Waals surface area (Å²) in [5.74, 6) is 0. The largest absolute Gasteiger partial charge is 0.392 e. The molecule has 0 fully saturated rings. The Morgan fingerprint density at radius 3 is 2.80 bits per heavy atom. The van der Waals surface area contributed by atoms with Crippen LogP contribution < -0.4 is 0 Å². The van der Waals surface area contributed by atoms with Crippen molar-refractivity contribution in [2.24, 2.45) is 0 Å². The third-order valence-corrected chi connectivity index (χ3v) is 3.01. The van der Waals surface area contributed by atoms with Gasteiger partial charge in [-0.05, 0) is 23.3 Å². The van der Waals surface area contributed by atoms with Crippen molar-refractivity contribution in [3.8, 4) is 11.3 Å². The topological polar surface area (TPSA) is 63.8 Å². The summed E-state index contributed by atoms with van der Waals surface area (Å²) in [4.78, 5) is 4.08. The van der Waals surface area contributed by atoms with Crippen LogP contribution >= 0.6 is 0 Å². The van der Waals surface area contributed by atoms with E-state index in [-0.39, 0.29) is 6.61 Å². The number of hydrogen-bond donors (Lipinski definition) is 1.